The predicted molar refractivity (Wildman–Crippen MR) is 129 cm³/mol. The molecule has 2 aromatic carbocycles. The van der Waals surface area contributed by atoms with Gasteiger partial charge in [-0.05, 0) is 44.5 Å². The van der Waals surface area contributed by atoms with Gasteiger partial charge in [0.1, 0.15) is 17.1 Å². The molecule has 4 rings (SSSR count). The molecule has 180 valence electrons. The Balaban J connectivity index is 1.67. The van der Waals surface area contributed by atoms with Crippen molar-refractivity contribution in [2.75, 3.05) is 38.2 Å². The molecule has 0 aliphatic carbocycles. The van der Waals surface area contributed by atoms with Gasteiger partial charge in [-0.25, -0.2) is 14.0 Å². The largest absolute Gasteiger partial charge is 0.464 e. The van der Waals surface area contributed by atoms with E-state index in [-0.39, 0.29) is 11.9 Å². The van der Waals surface area contributed by atoms with Crippen molar-refractivity contribution in [1.29, 1.82) is 0 Å². The van der Waals surface area contributed by atoms with Gasteiger partial charge in [0.25, 0.3) is 0 Å². The van der Waals surface area contributed by atoms with Crippen molar-refractivity contribution >= 4 is 28.7 Å². The summed E-state index contributed by atoms with van der Waals surface area (Å²) in [7, 11) is 1.34. The first-order chi connectivity index (χ1) is 16.2. The molecule has 8 heteroatoms. The van der Waals surface area contributed by atoms with Crippen LogP contribution < -0.4 is 4.90 Å². The van der Waals surface area contributed by atoms with E-state index in [9.17, 15) is 14.0 Å². The van der Waals surface area contributed by atoms with Crippen LogP contribution in [0.5, 0.6) is 0 Å². The van der Waals surface area contributed by atoms with Crippen LogP contribution in [0.25, 0.3) is 10.9 Å². The number of aromatic nitrogens is 1. The van der Waals surface area contributed by atoms with Gasteiger partial charge < -0.3 is 23.8 Å². The SMILES string of the molecule is COC(=O)c1cc2c(N3CCN(C(=O)OC(C)(C)C)CC3)cc(F)cc2n1Cc1ccccc1. The number of benzene rings is 2. The van der Waals surface area contributed by atoms with E-state index in [0.717, 1.165) is 10.9 Å². The van der Waals surface area contributed by atoms with E-state index >= 15 is 0 Å². The molecule has 0 spiro atoms. The predicted octanol–water partition coefficient (Wildman–Crippen LogP) is 4.67. The number of hydrogen-bond donors (Lipinski definition) is 0. The van der Waals surface area contributed by atoms with Gasteiger partial charge in [0.15, 0.2) is 0 Å². The van der Waals surface area contributed by atoms with Crippen molar-refractivity contribution in [3.63, 3.8) is 0 Å². The number of rotatable bonds is 4. The first kappa shape index (κ1) is 23.6. The first-order valence-corrected chi connectivity index (χ1v) is 11.3. The third kappa shape index (κ3) is 5.00. The Bertz CT molecular complexity index is 1190. The van der Waals surface area contributed by atoms with Gasteiger partial charge in [-0.2, -0.15) is 0 Å². The summed E-state index contributed by atoms with van der Waals surface area (Å²) in [5.41, 5.74) is 2.10. The molecule has 3 aromatic rings. The number of hydrogen-bond acceptors (Lipinski definition) is 5. The molecule has 0 atom stereocenters. The van der Waals surface area contributed by atoms with Gasteiger partial charge in [0.05, 0.1) is 12.6 Å². The fourth-order valence-electron chi connectivity index (χ4n) is 4.23. The third-order valence-electron chi connectivity index (χ3n) is 5.81. The number of piperazine rings is 1. The van der Waals surface area contributed by atoms with Crippen molar-refractivity contribution in [1.82, 2.24) is 9.47 Å². The number of fused-ring (bicyclic) bond motifs is 1. The minimum atomic E-state index is -0.561. The fourth-order valence-corrected chi connectivity index (χ4v) is 4.23. The molecule has 0 unspecified atom stereocenters. The molecule has 0 bridgehead atoms. The van der Waals surface area contributed by atoms with Crippen LogP contribution in [0.4, 0.5) is 14.9 Å². The maximum atomic E-state index is 14.8. The van der Waals surface area contributed by atoms with Crippen molar-refractivity contribution in [3.8, 4) is 0 Å². The summed E-state index contributed by atoms with van der Waals surface area (Å²) >= 11 is 0. The zero-order valence-corrected chi connectivity index (χ0v) is 20.0. The van der Waals surface area contributed by atoms with Gasteiger partial charge in [-0.1, -0.05) is 30.3 Å². The second kappa shape index (κ2) is 9.37. The summed E-state index contributed by atoms with van der Waals surface area (Å²) in [4.78, 5) is 28.7. The number of amides is 1. The molecular weight excluding hydrogens is 437 g/mol. The molecule has 0 saturated carbocycles. The summed E-state index contributed by atoms with van der Waals surface area (Å²) in [5.74, 6) is -0.867. The number of methoxy groups -OCH3 is 1. The molecule has 0 radical (unpaired) electrons. The molecule has 1 amide bonds. The summed E-state index contributed by atoms with van der Waals surface area (Å²) in [6.45, 7) is 7.88. The Labute approximate surface area is 198 Å². The van der Waals surface area contributed by atoms with Crippen LogP contribution in [0.1, 0.15) is 36.8 Å². The zero-order chi connectivity index (χ0) is 24.5. The normalized spacial score (nSPS) is 14.4. The Morgan fingerprint density at radius 2 is 1.68 bits per heavy atom. The van der Waals surface area contributed by atoms with E-state index in [1.807, 2.05) is 56.0 Å². The zero-order valence-electron chi connectivity index (χ0n) is 20.0. The highest BCUT2D eigenvalue weighted by molar-refractivity contribution is 6.01. The lowest BCUT2D eigenvalue weighted by atomic mass is 10.1. The fraction of sp³-hybridized carbons (Fsp3) is 0.385. The monoisotopic (exact) mass is 467 g/mol. The molecule has 1 saturated heterocycles. The molecule has 1 aliphatic heterocycles. The maximum Gasteiger partial charge on any atom is 0.410 e. The third-order valence-corrected chi connectivity index (χ3v) is 5.81. The molecular formula is C26H30FN3O4. The highest BCUT2D eigenvalue weighted by Gasteiger charge is 2.28. The van der Waals surface area contributed by atoms with E-state index in [1.54, 1.807) is 15.5 Å². The number of esters is 1. The molecule has 7 nitrogen and oxygen atoms in total. The molecule has 1 fully saturated rings. The summed E-state index contributed by atoms with van der Waals surface area (Å²) in [5, 5.41) is 0.767. The summed E-state index contributed by atoms with van der Waals surface area (Å²) < 4.78 is 27.1. The number of anilines is 1. The second-order valence-electron chi connectivity index (χ2n) is 9.41. The Hall–Kier alpha value is -3.55. The standard InChI is InChI=1S/C26H30FN3O4/c1-26(2,3)34-25(32)29-12-10-28(11-13-29)21-14-19(27)15-22-20(21)16-23(24(31)33-4)30(22)17-18-8-6-5-7-9-18/h5-9,14-16H,10-13,17H2,1-4H3. The van der Waals surface area contributed by atoms with E-state index in [1.165, 1.54) is 19.2 Å². The topological polar surface area (TPSA) is 64.0 Å². The van der Waals surface area contributed by atoms with Gasteiger partial charge in [0.2, 0.25) is 0 Å². The average molecular weight is 468 g/mol. The molecule has 2 heterocycles. The highest BCUT2D eigenvalue weighted by Crippen LogP contribution is 2.33. The van der Waals surface area contributed by atoms with E-state index in [0.29, 0.717) is 49.6 Å². The van der Waals surface area contributed by atoms with Crippen molar-refractivity contribution < 1.29 is 23.5 Å². The van der Waals surface area contributed by atoms with Gasteiger partial charge in [0, 0.05) is 43.8 Å². The number of carbonyl (C=O) groups excluding carboxylic acids is 2. The van der Waals surface area contributed by atoms with Crippen LogP contribution in [-0.4, -0.2) is 60.4 Å². The number of carbonyl (C=O) groups is 2. The van der Waals surface area contributed by atoms with Crippen LogP contribution in [0.3, 0.4) is 0 Å². The molecule has 34 heavy (non-hydrogen) atoms. The second-order valence-corrected chi connectivity index (χ2v) is 9.41. The smallest absolute Gasteiger partial charge is 0.410 e. The average Bonchev–Trinajstić information content (AvgIpc) is 3.15. The maximum absolute atomic E-state index is 14.8. The van der Waals surface area contributed by atoms with Gasteiger partial charge in [-0.3, -0.25) is 0 Å². The Kier molecular flexibility index (Phi) is 6.50. The van der Waals surface area contributed by atoms with Gasteiger partial charge in [-0.15, -0.1) is 0 Å². The summed E-state index contributed by atoms with van der Waals surface area (Å²) in [6, 6.07) is 14.4. The number of ether oxygens (including phenoxy) is 2. The van der Waals surface area contributed by atoms with Crippen LogP contribution in [-0.2, 0) is 16.0 Å². The van der Waals surface area contributed by atoms with Crippen LogP contribution in [0.15, 0.2) is 48.5 Å². The Morgan fingerprint density at radius 1 is 1.00 bits per heavy atom. The quantitative estimate of drug-likeness (QED) is 0.522. The lowest BCUT2D eigenvalue weighted by molar-refractivity contribution is 0.0240. The van der Waals surface area contributed by atoms with Crippen molar-refractivity contribution in [2.24, 2.45) is 0 Å². The van der Waals surface area contributed by atoms with Crippen molar-refractivity contribution in [2.45, 2.75) is 32.9 Å². The summed E-state index contributed by atoms with van der Waals surface area (Å²) in [6.07, 6.45) is -0.349. The minimum absolute atomic E-state index is 0.349. The lowest BCUT2D eigenvalue weighted by Gasteiger charge is -2.37. The highest BCUT2D eigenvalue weighted by atomic mass is 19.1. The van der Waals surface area contributed by atoms with E-state index in [2.05, 4.69) is 0 Å². The van der Waals surface area contributed by atoms with E-state index < -0.39 is 11.6 Å². The van der Waals surface area contributed by atoms with Gasteiger partial charge >= 0.3 is 12.1 Å². The molecule has 1 aliphatic rings. The first-order valence-electron chi connectivity index (χ1n) is 11.3. The molecule has 0 N–H and O–H groups in total. The van der Waals surface area contributed by atoms with Crippen LogP contribution in [0.2, 0.25) is 0 Å². The van der Waals surface area contributed by atoms with Crippen LogP contribution >= 0.6 is 0 Å². The lowest BCUT2D eigenvalue weighted by Crippen LogP contribution is -2.50. The van der Waals surface area contributed by atoms with Crippen LogP contribution in [0, 0.1) is 5.82 Å². The number of halogens is 1. The Morgan fingerprint density at radius 3 is 2.29 bits per heavy atom. The number of nitrogens with zero attached hydrogens (tertiary/aromatic N) is 3. The minimum Gasteiger partial charge on any atom is -0.464 e. The van der Waals surface area contributed by atoms with Crippen molar-refractivity contribution in [3.05, 3.63) is 65.6 Å². The van der Waals surface area contributed by atoms with E-state index in [4.69, 9.17) is 9.47 Å². The molecule has 1 aromatic heterocycles.